The molecule has 136 valence electrons. The molecule has 0 atom stereocenters. The molecule has 0 bridgehead atoms. The predicted molar refractivity (Wildman–Crippen MR) is 101 cm³/mol. The summed E-state index contributed by atoms with van der Waals surface area (Å²) in [7, 11) is 1.51. The van der Waals surface area contributed by atoms with Crippen LogP contribution < -0.4 is 15.4 Å². The van der Waals surface area contributed by atoms with Crippen molar-refractivity contribution in [1.82, 2.24) is 5.32 Å². The molecule has 0 heterocycles. The van der Waals surface area contributed by atoms with Crippen LogP contribution in [0.1, 0.15) is 24.0 Å². The first-order chi connectivity index (χ1) is 12.4. The number of halogens is 1. The van der Waals surface area contributed by atoms with Crippen molar-refractivity contribution < 1.29 is 14.3 Å². The van der Waals surface area contributed by atoms with E-state index in [-0.39, 0.29) is 11.8 Å². The lowest BCUT2D eigenvalue weighted by molar-refractivity contribution is -0.134. The Bertz CT molecular complexity index is 829. The number of anilines is 1. The van der Waals surface area contributed by atoms with Crippen LogP contribution in [0.4, 0.5) is 5.69 Å². The van der Waals surface area contributed by atoms with E-state index in [1.54, 1.807) is 18.2 Å². The minimum Gasteiger partial charge on any atom is -0.495 e. The Morgan fingerprint density at radius 3 is 2.42 bits per heavy atom. The monoisotopic (exact) mass is 372 g/mol. The van der Waals surface area contributed by atoms with E-state index in [2.05, 4.69) is 10.6 Å². The fraction of sp³-hybridized carbons (Fsp3) is 0.300. The standard InChI is InChI=1S/C20H21ClN2O3/c1-13-3-5-14(6-4-13)12-22-18(24)20(9-10-20)19(25)23-16-11-15(21)7-8-17(16)26-2/h3-8,11H,9-10,12H2,1-2H3,(H,22,24)(H,23,25). The van der Waals surface area contributed by atoms with Crippen LogP contribution in [0, 0.1) is 12.3 Å². The maximum Gasteiger partial charge on any atom is 0.240 e. The second kappa shape index (κ2) is 7.38. The van der Waals surface area contributed by atoms with Gasteiger partial charge in [0.25, 0.3) is 0 Å². The normalized spacial score (nSPS) is 14.4. The Labute approximate surface area is 157 Å². The first-order valence-corrected chi connectivity index (χ1v) is 8.81. The van der Waals surface area contributed by atoms with E-state index in [9.17, 15) is 9.59 Å². The molecule has 2 N–H and O–H groups in total. The number of amides is 2. The molecule has 3 rings (SSSR count). The maximum absolute atomic E-state index is 12.7. The van der Waals surface area contributed by atoms with Gasteiger partial charge < -0.3 is 15.4 Å². The number of benzene rings is 2. The van der Waals surface area contributed by atoms with E-state index in [0.29, 0.717) is 35.8 Å². The van der Waals surface area contributed by atoms with Crippen molar-refractivity contribution in [2.45, 2.75) is 26.3 Å². The lowest BCUT2D eigenvalue weighted by Crippen LogP contribution is -2.39. The van der Waals surface area contributed by atoms with Crippen LogP contribution in [-0.2, 0) is 16.1 Å². The van der Waals surface area contributed by atoms with Gasteiger partial charge in [-0.2, -0.15) is 0 Å². The van der Waals surface area contributed by atoms with Crippen LogP contribution in [0.3, 0.4) is 0 Å². The lowest BCUT2D eigenvalue weighted by Gasteiger charge is -2.17. The lowest BCUT2D eigenvalue weighted by atomic mass is 10.0. The molecule has 0 aliphatic heterocycles. The van der Waals surface area contributed by atoms with E-state index in [1.807, 2.05) is 31.2 Å². The number of methoxy groups -OCH3 is 1. The Morgan fingerprint density at radius 2 is 1.81 bits per heavy atom. The molecule has 0 radical (unpaired) electrons. The highest BCUT2D eigenvalue weighted by molar-refractivity contribution is 6.31. The molecule has 2 aromatic carbocycles. The number of hydrogen-bond donors (Lipinski definition) is 2. The zero-order valence-electron chi connectivity index (χ0n) is 14.8. The van der Waals surface area contributed by atoms with Crippen molar-refractivity contribution in [1.29, 1.82) is 0 Å². The van der Waals surface area contributed by atoms with E-state index in [0.717, 1.165) is 11.1 Å². The summed E-state index contributed by atoms with van der Waals surface area (Å²) in [4.78, 5) is 25.3. The molecule has 26 heavy (non-hydrogen) atoms. The van der Waals surface area contributed by atoms with Gasteiger partial charge in [0, 0.05) is 11.6 Å². The van der Waals surface area contributed by atoms with Crippen LogP contribution in [0.2, 0.25) is 5.02 Å². The van der Waals surface area contributed by atoms with E-state index in [4.69, 9.17) is 16.3 Å². The molecule has 0 saturated heterocycles. The average Bonchev–Trinajstić information content (AvgIpc) is 3.43. The number of carbonyl (C=O) groups excluding carboxylic acids is 2. The minimum atomic E-state index is -1.02. The summed E-state index contributed by atoms with van der Waals surface area (Å²) < 4.78 is 5.24. The fourth-order valence-corrected chi connectivity index (χ4v) is 2.93. The van der Waals surface area contributed by atoms with Crippen LogP contribution in [-0.4, -0.2) is 18.9 Å². The number of nitrogens with one attached hydrogen (secondary N) is 2. The summed E-state index contributed by atoms with van der Waals surface area (Å²) in [5.74, 6) is -0.0883. The summed E-state index contributed by atoms with van der Waals surface area (Å²) in [6.07, 6.45) is 1.06. The smallest absolute Gasteiger partial charge is 0.240 e. The topological polar surface area (TPSA) is 67.4 Å². The summed E-state index contributed by atoms with van der Waals surface area (Å²) in [5, 5.41) is 6.13. The summed E-state index contributed by atoms with van der Waals surface area (Å²) >= 11 is 5.99. The highest BCUT2D eigenvalue weighted by Crippen LogP contribution is 2.47. The van der Waals surface area contributed by atoms with Crippen LogP contribution >= 0.6 is 11.6 Å². The average molecular weight is 373 g/mol. The molecule has 0 unspecified atom stereocenters. The Hall–Kier alpha value is -2.53. The fourth-order valence-electron chi connectivity index (χ4n) is 2.76. The zero-order valence-corrected chi connectivity index (χ0v) is 15.5. The maximum atomic E-state index is 12.7. The van der Waals surface area contributed by atoms with Gasteiger partial charge in [-0.3, -0.25) is 9.59 Å². The first-order valence-electron chi connectivity index (χ1n) is 8.43. The van der Waals surface area contributed by atoms with Crippen molar-refractivity contribution in [3.8, 4) is 5.75 Å². The predicted octanol–water partition coefficient (Wildman–Crippen LogP) is 3.69. The van der Waals surface area contributed by atoms with E-state index < -0.39 is 5.41 Å². The van der Waals surface area contributed by atoms with Crippen LogP contribution in [0.5, 0.6) is 5.75 Å². The number of aryl methyl sites for hydroxylation is 1. The molecule has 1 aliphatic rings. The first kappa shape index (κ1) is 18.3. The van der Waals surface area contributed by atoms with Crippen LogP contribution in [0.25, 0.3) is 0 Å². The van der Waals surface area contributed by atoms with Crippen LogP contribution in [0.15, 0.2) is 42.5 Å². The molecule has 2 aromatic rings. The molecule has 6 heteroatoms. The highest BCUT2D eigenvalue weighted by atomic mass is 35.5. The molecule has 1 aliphatic carbocycles. The molecule has 1 fully saturated rings. The number of hydrogen-bond acceptors (Lipinski definition) is 3. The minimum absolute atomic E-state index is 0.253. The molecule has 2 amide bonds. The molecule has 0 spiro atoms. The number of carbonyl (C=O) groups is 2. The third kappa shape index (κ3) is 3.83. The molecular formula is C20H21ClN2O3. The summed E-state index contributed by atoms with van der Waals surface area (Å²) in [6.45, 7) is 2.41. The van der Waals surface area contributed by atoms with E-state index in [1.165, 1.54) is 7.11 Å². The van der Waals surface area contributed by atoms with Crippen molar-refractivity contribution in [2.24, 2.45) is 5.41 Å². The van der Waals surface area contributed by atoms with Gasteiger partial charge >= 0.3 is 0 Å². The SMILES string of the molecule is COc1ccc(Cl)cc1NC(=O)C1(C(=O)NCc2ccc(C)cc2)CC1. The number of rotatable bonds is 6. The second-order valence-corrected chi connectivity index (χ2v) is 6.99. The molecule has 0 aromatic heterocycles. The van der Waals surface area contributed by atoms with Crippen molar-refractivity contribution in [2.75, 3.05) is 12.4 Å². The molecule has 1 saturated carbocycles. The van der Waals surface area contributed by atoms with Gasteiger partial charge in [-0.15, -0.1) is 0 Å². The molecular weight excluding hydrogens is 352 g/mol. The van der Waals surface area contributed by atoms with Gasteiger partial charge in [-0.1, -0.05) is 41.4 Å². The van der Waals surface area contributed by atoms with Gasteiger partial charge in [0.05, 0.1) is 12.8 Å². The van der Waals surface area contributed by atoms with Crippen molar-refractivity contribution in [3.63, 3.8) is 0 Å². The molecule has 5 nitrogen and oxygen atoms in total. The summed E-state index contributed by atoms with van der Waals surface area (Å²) in [5.41, 5.74) is 1.60. The summed E-state index contributed by atoms with van der Waals surface area (Å²) in [6, 6.07) is 12.9. The third-order valence-electron chi connectivity index (χ3n) is 4.60. The van der Waals surface area contributed by atoms with Crippen molar-refractivity contribution in [3.05, 3.63) is 58.6 Å². The van der Waals surface area contributed by atoms with Crippen molar-refractivity contribution >= 4 is 29.1 Å². The zero-order chi connectivity index (χ0) is 18.7. The second-order valence-electron chi connectivity index (χ2n) is 6.55. The highest BCUT2D eigenvalue weighted by Gasteiger charge is 2.56. The van der Waals surface area contributed by atoms with Gasteiger partial charge in [-0.05, 0) is 43.5 Å². The Kier molecular flexibility index (Phi) is 5.18. The largest absolute Gasteiger partial charge is 0.495 e. The quantitative estimate of drug-likeness (QED) is 0.760. The number of ether oxygens (including phenoxy) is 1. The Balaban J connectivity index is 1.66. The van der Waals surface area contributed by atoms with Gasteiger partial charge in [0.1, 0.15) is 11.2 Å². The Morgan fingerprint density at radius 1 is 1.12 bits per heavy atom. The van der Waals surface area contributed by atoms with Gasteiger partial charge in [-0.25, -0.2) is 0 Å². The van der Waals surface area contributed by atoms with Gasteiger partial charge in [0.15, 0.2) is 0 Å². The van der Waals surface area contributed by atoms with Gasteiger partial charge in [0.2, 0.25) is 11.8 Å². The van der Waals surface area contributed by atoms with E-state index >= 15 is 0 Å². The third-order valence-corrected chi connectivity index (χ3v) is 4.84.